The fourth-order valence-corrected chi connectivity index (χ4v) is 4.90. The van der Waals surface area contributed by atoms with Crippen molar-refractivity contribution < 1.29 is 9.53 Å². The molecule has 5 rings (SSSR count). The first-order chi connectivity index (χ1) is 15.2. The summed E-state index contributed by atoms with van der Waals surface area (Å²) in [5.74, 6) is 0. The lowest BCUT2D eigenvalue weighted by atomic mass is 9.80. The summed E-state index contributed by atoms with van der Waals surface area (Å²) in [7, 11) is 0. The lowest BCUT2D eigenvalue weighted by molar-refractivity contribution is 0.120. The topological polar surface area (TPSA) is 41.9 Å². The van der Waals surface area contributed by atoms with Gasteiger partial charge in [-0.15, -0.1) is 11.8 Å². The first-order valence-corrected chi connectivity index (χ1v) is 12.1. The predicted molar refractivity (Wildman–Crippen MR) is 130 cm³/mol. The van der Waals surface area contributed by atoms with Gasteiger partial charge in [0.25, 0.3) is 0 Å². The summed E-state index contributed by atoms with van der Waals surface area (Å²) in [6.07, 6.45) is 16.0. The van der Waals surface area contributed by atoms with Crippen LogP contribution < -0.4 is 0 Å². The van der Waals surface area contributed by atoms with Crippen LogP contribution in [0.3, 0.4) is 0 Å². The minimum atomic E-state index is -0.352. The highest BCUT2D eigenvalue weighted by atomic mass is 32.2. The van der Waals surface area contributed by atoms with E-state index in [2.05, 4.69) is 53.5 Å². The van der Waals surface area contributed by atoms with Gasteiger partial charge in [0.15, 0.2) is 5.50 Å². The van der Waals surface area contributed by atoms with Crippen LogP contribution in [0.2, 0.25) is 0 Å². The number of hydrogen-bond donors (Lipinski definition) is 0. The summed E-state index contributed by atoms with van der Waals surface area (Å²) < 4.78 is 4.86. The van der Waals surface area contributed by atoms with E-state index in [-0.39, 0.29) is 11.6 Å². The number of carbonyl (C=O) groups excluding carboxylic acids is 1. The maximum Gasteiger partial charge on any atom is 0.416 e. The molecule has 0 saturated heterocycles. The number of hydrogen-bond acceptors (Lipinski definition) is 4. The molecule has 0 fully saturated rings. The summed E-state index contributed by atoms with van der Waals surface area (Å²) in [5, 5.41) is 0. The molecule has 0 spiro atoms. The van der Waals surface area contributed by atoms with Crippen molar-refractivity contribution >= 4 is 30.1 Å². The number of thioether (sulfide) groups is 1. The molecule has 3 aliphatic rings. The van der Waals surface area contributed by atoms with E-state index in [0.717, 1.165) is 0 Å². The largest absolute Gasteiger partial charge is 0.449 e. The molecule has 0 aromatic heterocycles. The molecule has 0 N–H and O–H groups in total. The number of aliphatic imine (C=N–C) groups is 1. The van der Waals surface area contributed by atoms with Crippen molar-refractivity contribution in [2.75, 3.05) is 12.9 Å². The Balaban J connectivity index is 0.000000159. The Morgan fingerprint density at radius 3 is 2.84 bits per heavy atom. The normalized spacial score (nSPS) is 17.7. The van der Waals surface area contributed by atoms with Gasteiger partial charge in [-0.1, -0.05) is 48.6 Å². The van der Waals surface area contributed by atoms with E-state index >= 15 is 0 Å². The van der Waals surface area contributed by atoms with Crippen LogP contribution in [0.1, 0.15) is 35.6 Å². The van der Waals surface area contributed by atoms with Crippen LogP contribution in [0.25, 0.3) is 17.2 Å². The maximum absolute atomic E-state index is 11.3. The summed E-state index contributed by atoms with van der Waals surface area (Å²) in [4.78, 5) is 16.9. The maximum atomic E-state index is 11.3. The van der Waals surface area contributed by atoms with Crippen molar-refractivity contribution in [1.29, 1.82) is 0 Å². The molecule has 2 aliphatic carbocycles. The molecule has 0 saturated carbocycles. The van der Waals surface area contributed by atoms with Crippen LogP contribution in [0.5, 0.6) is 0 Å². The molecule has 1 aliphatic heterocycles. The van der Waals surface area contributed by atoms with E-state index in [1.807, 2.05) is 6.26 Å². The van der Waals surface area contributed by atoms with E-state index < -0.39 is 0 Å². The zero-order valence-electron chi connectivity index (χ0n) is 18.1. The molecule has 0 radical (unpaired) electrons. The van der Waals surface area contributed by atoms with Crippen LogP contribution in [-0.2, 0) is 24.0 Å². The molecule has 1 unspecified atom stereocenters. The van der Waals surface area contributed by atoms with Gasteiger partial charge in [-0.05, 0) is 78.3 Å². The first-order valence-electron chi connectivity index (χ1n) is 10.8. The number of aryl methyl sites for hydroxylation is 1. The smallest absolute Gasteiger partial charge is 0.416 e. The van der Waals surface area contributed by atoms with E-state index in [9.17, 15) is 4.79 Å². The van der Waals surface area contributed by atoms with Crippen LogP contribution in [-0.4, -0.2) is 35.6 Å². The molecule has 5 heteroatoms. The second-order valence-corrected chi connectivity index (χ2v) is 8.46. The second kappa shape index (κ2) is 10.0. The lowest BCUT2D eigenvalue weighted by Gasteiger charge is -2.25. The SMILES string of the molecule is C1=Cc2ccc3c(c2CC1)CCc1ccccc1-3.CCOC(=O)N1C=CC=NC1SC. The number of ether oxygens (including phenoxy) is 1. The highest BCUT2D eigenvalue weighted by Crippen LogP contribution is 2.38. The van der Waals surface area contributed by atoms with Crippen molar-refractivity contribution in [3.63, 3.8) is 0 Å². The Labute approximate surface area is 188 Å². The van der Waals surface area contributed by atoms with Gasteiger partial charge in [0.2, 0.25) is 0 Å². The minimum Gasteiger partial charge on any atom is -0.449 e. The van der Waals surface area contributed by atoms with Crippen LogP contribution >= 0.6 is 11.8 Å². The molecule has 1 amide bonds. The van der Waals surface area contributed by atoms with Crippen LogP contribution in [0, 0.1) is 0 Å². The van der Waals surface area contributed by atoms with Gasteiger partial charge in [0, 0.05) is 12.4 Å². The number of rotatable bonds is 2. The van der Waals surface area contributed by atoms with Gasteiger partial charge in [-0.2, -0.15) is 0 Å². The molecule has 31 heavy (non-hydrogen) atoms. The Kier molecular flexibility index (Phi) is 6.92. The van der Waals surface area contributed by atoms with Gasteiger partial charge in [0.1, 0.15) is 0 Å². The zero-order valence-corrected chi connectivity index (χ0v) is 18.9. The summed E-state index contributed by atoms with van der Waals surface area (Å²) in [6.45, 7) is 2.16. The number of benzene rings is 2. The van der Waals surface area contributed by atoms with Gasteiger partial charge < -0.3 is 4.74 Å². The quantitative estimate of drug-likeness (QED) is 0.576. The molecule has 4 nitrogen and oxygen atoms in total. The fourth-order valence-electron chi connectivity index (χ4n) is 4.32. The number of fused-ring (bicyclic) bond motifs is 5. The standard InChI is InChI=1S/C18H16.C8H12N2O2S/c1-3-7-15-13(5-1)9-11-18-16-8-4-2-6-14(16)10-12-17(15)18;1-3-12-8(11)10-6-4-5-9-7(10)13-2/h1-3,5-7,10,12H,4,8-9,11H2;4-7H,3H2,1-2H3. The van der Waals surface area contributed by atoms with Gasteiger partial charge in [-0.25, -0.2) is 4.79 Å². The Morgan fingerprint density at radius 1 is 1.13 bits per heavy atom. The van der Waals surface area contributed by atoms with E-state index in [0.29, 0.717) is 6.61 Å². The lowest BCUT2D eigenvalue weighted by Crippen LogP contribution is -2.34. The van der Waals surface area contributed by atoms with Gasteiger partial charge in [-0.3, -0.25) is 9.89 Å². The van der Waals surface area contributed by atoms with E-state index in [4.69, 9.17) is 4.74 Å². The molecule has 0 bridgehead atoms. The highest BCUT2D eigenvalue weighted by molar-refractivity contribution is 7.99. The predicted octanol–water partition coefficient (Wildman–Crippen LogP) is 6.10. The van der Waals surface area contributed by atoms with Crippen LogP contribution in [0.15, 0.2) is 59.7 Å². The van der Waals surface area contributed by atoms with Gasteiger partial charge >= 0.3 is 6.09 Å². The van der Waals surface area contributed by atoms with Crippen molar-refractivity contribution in [2.24, 2.45) is 4.99 Å². The third-order valence-electron chi connectivity index (χ3n) is 5.75. The van der Waals surface area contributed by atoms with Crippen molar-refractivity contribution in [3.8, 4) is 11.1 Å². The third kappa shape index (κ3) is 4.62. The first kappa shape index (κ1) is 21.4. The van der Waals surface area contributed by atoms with Crippen molar-refractivity contribution in [1.82, 2.24) is 4.90 Å². The number of amides is 1. The van der Waals surface area contributed by atoms with Gasteiger partial charge in [0.05, 0.1) is 6.61 Å². The van der Waals surface area contributed by atoms with Crippen LogP contribution in [0.4, 0.5) is 4.79 Å². The third-order valence-corrected chi connectivity index (χ3v) is 6.52. The number of nitrogens with zero attached hydrogens (tertiary/aromatic N) is 2. The average Bonchev–Trinajstić information content (AvgIpc) is 2.84. The molecule has 1 heterocycles. The van der Waals surface area contributed by atoms with Crippen molar-refractivity contribution in [3.05, 3.63) is 77.0 Å². The summed E-state index contributed by atoms with van der Waals surface area (Å²) >= 11 is 1.48. The monoisotopic (exact) mass is 432 g/mol. The Hall–Kier alpha value is -2.79. The second-order valence-electron chi connectivity index (χ2n) is 7.57. The van der Waals surface area contributed by atoms with E-state index in [1.165, 1.54) is 64.6 Å². The van der Waals surface area contributed by atoms with Crippen molar-refractivity contribution in [2.45, 2.75) is 38.1 Å². The molecular weight excluding hydrogens is 404 g/mol. The summed E-state index contributed by atoms with van der Waals surface area (Å²) in [6, 6.07) is 13.5. The Morgan fingerprint density at radius 2 is 2.00 bits per heavy atom. The molecule has 2 aromatic rings. The number of carbonyl (C=O) groups is 1. The fraction of sp³-hybridized carbons (Fsp3) is 0.308. The summed E-state index contributed by atoms with van der Waals surface area (Å²) in [5.41, 5.74) is 8.90. The molecule has 160 valence electrons. The average molecular weight is 433 g/mol. The minimum absolute atomic E-state index is 0.191. The molecular formula is C26H28N2O2S. The number of allylic oxidation sites excluding steroid dienone is 2. The molecule has 2 aromatic carbocycles. The Bertz CT molecular complexity index is 1040. The highest BCUT2D eigenvalue weighted by Gasteiger charge is 2.22. The molecule has 1 atom stereocenters. The zero-order chi connectivity index (χ0) is 21.6. The van der Waals surface area contributed by atoms with E-state index in [1.54, 1.807) is 36.5 Å².